The second-order valence-electron chi connectivity index (χ2n) is 7.76. The van der Waals surface area contributed by atoms with E-state index in [2.05, 4.69) is 10.1 Å². The maximum Gasteiger partial charge on any atom is 0.330 e. The number of nitrogen functional groups attached to an aromatic ring is 1. The van der Waals surface area contributed by atoms with Crippen molar-refractivity contribution in [2.45, 2.75) is 19.9 Å². The zero-order valence-corrected chi connectivity index (χ0v) is 18.4. The number of aromatic amines is 1. The maximum atomic E-state index is 13.0. The van der Waals surface area contributed by atoms with Crippen LogP contribution in [0.25, 0.3) is 0 Å². The highest BCUT2D eigenvalue weighted by atomic mass is 16.2. The van der Waals surface area contributed by atoms with Gasteiger partial charge < -0.3 is 10.6 Å². The van der Waals surface area contributed by atoms with Crippen LogP contribution in [0.15, 0.2) is 75.4 Å². The van der Waals surface area contributed by atoms with Crippen LogP contribution in [0.3, 0.4) is 0 Å². The van der Waals surface area contributed by atoms with Gasteiger partial charge in [-0.3, -0.25) is 19.1 Å². The molecule has 0 bridgehead atoms. The lowest BCUT2D eigenvalue weighted by molar-refractivity contribution is -0.129. The van der Waals surface area contributed by atoms with E-state index in [1.54, 1.807) is 4.90 Å². The first kappa shape index (κ1) is 22.1. The first-order chi connectivity index (χ1) is 16.0. The van der Waals surface area contributed by atoms with Crippen molar-refractivity contribution in [3.05, 3.63) is 92.6 Å². The van der Waals surface area contributed by atoms with Gasteiger partial charge in [0.15, 0.2) is 0 Å². The van der Waals surface area contributed by atoms with Crippen LogP contribution >= 0.6 is 0 Å². The Morgan fingerprint density at radius 1 is 1.09 bits per heavy atom. The van der Waals surface area contributed by atoms with Gasteiger partial charge in [0.2, 0.25) is 0 Å². The minimum Gasteiger partial charge on any atom is -0.383 e. The molecule has 170 valence electrons. The van der Waals surface area contributed by atoms with Crippen LogP contribution in [-0.2, 0) is 11.3 Å². The molecule has 0 radical (unpaired) electrons. The molecule has 2 heterocycles. The van der Waals surface area contributed by atoms with E-state index in [1.807, 2.05) is 67.6 Å². The molecule has 2 aromatic carbocycles. The van der Waals surface area contributed by atoms with Gasteiger partial charge in [-0.15, -0.1) is 0 Å². The summed E-state index contributed by atoms with van der Waals surface area (Å²) >= 11 is 0. The molecule has 1 aliphatic heterocycles. The fraction of sp³-hybridized carbons (Fsp3) is 0.250. The van der Waals surface area contributed by atoms with Crippen molar-refractivity contribution in [2.24, 2.45) is 5.10 Å². The van der Waals surface area contributed by atoms with Crippen LogP contribution in [0.1, 0.15) is 24.5 Å². The molecule has 0 atom stereocenters. The average molecular weight is 447 g/mol. The molecule has 1 aromatic heterocycles. The zero-order chi connectivity index (χ0) is 23.4. The summed E-state index contributed by atoms with van der Waals surface area (Å²) in [6.45, 7) is 2.77. The van der Waals surface area contributed by atoms with Crippen LogP contribution in [0, 0.1) is 0 Å². The van der Waals surface area contributed by atoms with Crippen LogP contribution in [0.4, 0.5) is 11.5 Å². The number of amides is 1. The van der Waals surface area contributed by atoms with Crippen molar-refractivity contribution < 1.29 is 4.79 Å². The van der Waals surface area contributed by atoms with E-state index in [1.165, 1.54) is 9.58 Å². The number of hydrogen-bond donors (Lipinski definition) is 2. The average Bonchev–Trinajstić information content (AvgIpc) is 3.33. The molecule has 3 aromatic rings. The Balaban J connectivity index is 1.58. The molecule has 4 rings (SSSR count). The molecule has 0 spiro atoms. The summed E-state index contributed by atoms with van der Waals surface area (Å²) in [7, 11) is 0. The second kappa shape index (κ2) is 9.56. The Bertz CT molecular complexity index is 1280. The summed E-state index contributed by atoms with van der Waals surface area (Å²) < 4.78 is 1.31. The summed E-state index contributed by atoms with van der Waals surface area (Å²) in [5.41, 5.74) is 7.87. The highest BCUT2D eigenvalue weighted by Crippen LogP contribution is 2.19. The number of benzene rings is 2. The Morgan fingerprint density at radius 3 is 2.42 bits per heavy atom. The summed E-state index contributed by atoms with van der Waals surface area (Å²) in [4.78, 5) is 42.0. The van der Waals surface area contributed by atoms with Gasteiger partial charge in [-0.2, -0.15) is 5.10 Å². The van der Waals surface area contributed by atoms with Gasteiger partial charge in [-0.05, 0) is 18.1 Å². The van der Waals surface area contributed by atoms with Crippen LogP contribution in [0.2, 0.25) is 0 Å². The molecule has 9 nitrogen and oxygen atoms in total. The number of carbonyl (C=O) groups excluding carboxylic acids is 1. The minimum atomic E-state index is -0.619. The standard InChI is InChI=1S/C24H26N6O3/c1-2-28(16-20(31)30-14-13-19(27-30)18-11-7-4-8-12-18)21-22(25)29(24(33)26-23(21)32)15-17-9-5-3-6-10-17/h3-12H,2,13-16,25H2,1H3,(H,26,32,33). The first-order valence-corrected chi connectivity index (χ1v) is 10.8. The molecule has 9 heteroatoms. The predicted octanol–water partition coefficient (Wildman–Crippen LogP) is 1.63. The number of carbonyl (C=O) groups is 1. The Kier molecular flexibility index (Phi) is 6.39. The topological polar surface area (TPSA) is 117 Å². The van der Waals surface area contributed by atoms with E-state index in [4.69, 9.17) is 5.73 Å². The SMILES string of the molecule is CCN(CC(=O)N1CCC(c2ccccc2)=N1)c1c(N)n(Cc2ccccc2)c(=O)[nH]c1=O. The largest absolute Gasteiger partial charge is 0.383 e. The number of nitrogens with two attached hydrogens (primary N) is 1. The molecule has 1 amide bonds. The van der Waals surface area contributed by atoms with Gasteiger partial charge in [-0.25, -0.2) is 9.80 Å². The zero-order valence-electron chi connectivity index (χ0n) is 18.4. The first-order valence-electron chi connectivity index (χ1n) is 10.8. The number of anilines is 2. The number of nitrogens with one attached hydrogen (secondary N) is 1. The number of hydrogen-bond acceptors (Lipinski definition) is 6. The molecule has 33 heavy (non-hydrogen) atoms. The molecule has 0 saturated heterocycles. The molecule has 0 aliphatic carbocycles. The molecule has 0 unspecified atom stereocenters. The number of H-pyrrole nitrogens is 1. The van der Waals surface area contributed by atoms with Gasteiger partial charge in [-0.1, -0.05) is 60.7 Å². The minimum absolute atomic E-state index is 0.0251. The molecule has 1 aliphatic rings. The lowest BCUT2D eigenvalue weighted by atomic mass is 10.1. The maximum absolute atomic E-state index is 13.0. The lowest BCUT2D eigenvalue weighted by Crippen LogP contribution is -2.43. The Hall–Kier alpha value is -4.14. The number of aromatic nitrogens is 2. The normalized spacial score (nSPS) is 13.1. The fourth-order valence-corrected chi connectivity index (χ4v) is 3.87. The molecule has 3 N–H and O–H groups in total. The fourth-order valence-electron chi connectivity index (χ4n) is 3.87. The second-order valence-corrected chi connectivity index (χ2v) is 7.76. The third-order valence-electron chi connectivity index (χ3n) is 5.62. The number of rotatable bonds is 7. The van der Waals surface area contributed by atoms with Gasteiger partial charge in [0.1, 0.15) is 11.5 Å². The summed E-state index contributed by atoms with van der Waals surface area (Å²) in [5.74, 6) is -0.223. The monoisotopic (exact) mass is 446 g/mol. The van der Waals surface area contributed by atoms with Gasteiger partial charge in [0.25, 0.3) is 11.5 Å². The van der Waals surface area contributed by atoms with Gasteiger partial charge in [0.05, 0.1) is 25.3 Å². The molecule has 0 fully saturated rings. The van der Waals surface area contributed by atoms with Crippen LogP contribution in [0.5, 0.6) is 0 Å². The highest BCUT2D eigenvalue weighted by Gasteiger charge is 2.25. The van der Waals surface area contributed by atoms with Crippen LogP contribution < -0.4 is 21.9 Å². The van der Waals surface area contributed by atoms with E-state index >= 15 is 0 Å². The molecular weight excluding hydrogens is 420 g/mol. The predicted molar refractivity (Wildman–Crippen MR) is 128 cm³/mol. The summed E-state index contributed by atoms with van der Waals surface area (Å²) in [6, 6.07) is 19.0. The van der Waals surface area contributed by atoms with Crippen molar-refractivity contribution in [1.82, 2.24) is 14.6 Å². The smallest absolute Gasteiger partial charge is 0.330 e. The quantitative estimate of drug-likeness (QED) is 0.572. The van der Waals surface area contributed by atoms with Crippen molar-refractivity contribution in [2.75, 3.05) is 30.3 Å². The lowest BCUT2D eigenvalue weighted by Gasteiger charge is -2.25. The Labute approximate surface area is 190 Å². The summed E-state index contributed by atoms with van der Waals surface area (Å²) in [5, 5.41) is 5.90. The van der Waals surface area contributed by atoms with Gasteiger partial charge in [0, 0.05) is 13.0 Å². The summed E-state index contributed by atoms with van der Waals surface area (Å²) in [6.07, 6.45) is 0.659. The number of hydrazone groups is 1. The van der Waals surface area contributed by atoms with E-state index in [0.717, 1.165) is 16.8 Å². The number of likely N-dealkylation sites (N-methyl/N-ethyl adjacent to an activating group) is 1. The van der Waals surface area contributed by atoms with Crippen molar-refractivity contribution in [1.29, 1.82) is 0 Å². The highest BCUT2D eigenvalue weighted by molar-refractivity contribution is 6.02. The molecular formula is C24H26N6O3. The van der Waals surface area contributed by atoms with E-state index in [0.29, 0.717) is 19.5 Å². The van der Waals surface area contributed by atoms with Crippen molar-refractivity contribution in [3.63, 3.8) is 0 Å². The van der Waals surface area contributed by atoms with Crippen LogP contribution in [-0.4, -0.2) is 45.8 Å². The Morgan fingerprint density at radius 2 is 1.76 bits per heavy atom. The third-order valence-corrected chi connectivity index (χ3v) is 5.62. The van der Waals surface area contributed by atoms with E-state index < -0.39 is 11.2 Å². The number of nitrogens with zero attached hydrogens (tertiary/aromatic N) is 4. The van der Waals surface area contributed by atoms with Gasteiger partial charge >= 0.3 is 5.69 Å². The molecule has 0 saturated carbocycles. The van der Waals surface area contributed by atoms with E-state index in [-0.39, 0.29) is 30.5 Å². The van der Waals surface area contributed by atoms with E-state index in [9.17, 15) is 14.4 Å². The van der Waals surface area contributed by atoms with Crippen molar-refractivity contribution in [3.8, 4) is 0 Å². The third kappa shape index (κ3) is 4.72. The van der Waals surface area contributed by atoms with Crippen molar-refractivity contribution >= 4 is 23.1 Å².